The Bertz CT molecular complexity index is 293. The van der Waals surface area contributed by atoms with Crippen LogP contribution in [0.15, 0.2) is 5.51 Å². The van der Waals surface area contributed by atoms with E-state index in [2.05, 4.69) is 37.7 Å². The molecule has 4 heteroatoms. The number of aromatic nitrogens is 1. The fraction of sp³-hybridized carbons (Fsp3) is 0.700. The Kier molecular flexibility index (Phi) is 3.64. The molecule has 1 heterocycles. The van der Waals surface area contributed by atoms with E-state index in [0.29, 0.717) is 6.54 Å². The molecule has 1 aromatic heterocycles. The number of thiazole rings is 1. The molecule has 3 nitrogen and oxygen atoms in total. The van der Waals surface area contributed by atoms with Gasteiger partial charge in [0.05, 0.1) is 11.2 Å². The van der Waals surface area contributed by atoms with Crippen molar-refractivity contribution < 1.29 is 0 Å². The van der Waals surface area contributed by atoms with Gasteiger partial charge in [-0.3, -0.25) is 4.90 Å². The number of likely N-dealkylation sites (N-methyl/N-ethyl adjacent to an activating group) is 1. The van der Waals surface area contributed by atoms with Crippen LogP contribution in [0.4, 0.5) is 0 Å². The molecule has 0 saturated heterocycles. The van der Waals surface area contributed by atoms with E-state index in [-0.39, 0.29) is 5.54 Å². The van der Waals surface area contributed by atoms with Gasteiger partial charge in [-0.15, -0.1) is 11.3 Å². The van der Waals surface area contributed by atoms with Crippen molar-refractivity contribution in [3.8, 4) is 0 Å². The summed E-state index contributed by atoms with van der Waals surface area (Å²) >= 11 is 1.71. The normalized spacial score (nSPS) is 12.4. The van der Waals surface area contributed by atoms with E-state index in [1.807, 2.05) is 5.51 Å². The maximum absolute atomic E-state index is 5.72. The molecule has 0 radical (unpaired) electrons. The van der Waals surface area contributed by atoms with Crippen LogP contribution in [0.2, 0.25) is 0 Å². The Morgan fingerprint density at radius 1 is 1.57 bits per heavy atom. The van der Waals surface area contributed by atoms with Gasteiger partial charge in [0.25, 0.3) is 0 Å². The molecule has 0 fully saturated rings. The lowest BCUT2D eigenvalue weighted by atomic mass is 10.0. The summed E-state index contributed by atoms with van der Waals surface area (Å²) in [6.07, 6.45) is 0. The first-order valence-electron chi connectivity index (χ1n) is 4.77. The van der Waals surface area contributed by atoms with Gasteiger partial charge in [-0.1, -0.05) is 0 Å². The number of hydrogen-bond donors (Lipinski definition) is 1. The fourth-order valence-electron chi connectivity index (χ4n) is 1.06. The van der Waals surface area contributed by atoms with E-state index >= 15 is 0 Å². The molecule has 0 aliphatic carbocycles. The predicted octanol–water partition coefficient (Wildman–Crippen LogP) is 1.62. The molecular formula is C10H19N3S. The summed E-state index contributed by atoms with van der Waals surface area (Å²) in [6, 6.07) is 0. The summed E-state index contributed by atoms with van der Waals surface area (Å²) < 4.78 is 0. The number of rotatable bonds is 4. The van der Waals surface area contributed by atoms with Crippen molar-refractivity contribution in [2.24, 2.45) is 5.73 Å². The molecule has 0 unspecified atom stereocenters. The highest BCUT2D eigenvalue weighted by atomic mass is 32.1. The predicted molar refractivity (Wildman–Crippen MR) is 61.5 cm³/mol. The van der Waals surface area contributed by atoms with Crippen LogP contribution in [-0.2, 0) is 6.54 Å². The number of hydrogen-bond acceptors (Lipinski definition) is 4. The SMILES string of the molecule is Cc1ncsc1CN(C)C(C)(C)CN. The van der Waals surface area contributed by atoms with Gasteiger partial charge in [0, 0.05) is 23.5 Å². The highest BCUT2D eigenvalue weighted by Gasteiger charge is 2.22. The zero-order valence-electron chi connectivity index (χ0n) is 9.37. The van der Waals surface area contributed by atoms with Crippen molar-refractivity contribution in [1.29, 1.82) is 0 Å². The van der Waals surface area contributed by atoms with Crippen LogP contribution in [0, 0.1) is 6.92 Å². The molecule has 0 aliphatic heterocycles. The minimum Gasteiger partial charge on any atom is -0.329 e. The first kappa shape index (κ1) is 11.6. The van der Waals surface area contributed by atoms with E-state index in [0.717, 1.165) is 12.2 Å². The van der Waals surface area contributed by atoms with E-state index < -0.39 is 0 Å². The fourth-order valence-corrected chi connectivity index (χ4v) is 1.89. The van der Waals surface area contributed by atoms with E-state index in [9.17, 15) is 0 Å². The molecule has 2 N–H and O–H groups in total. The van der Waals surface area contributed by atoms with Gasteiger partial charge >= 0.3 is 0 Å². The Labute approximate surface area is 89.9 Å². The monoisotopic (exact) mass is 213 g/mol. The average molecular weight is 213 g/mol. The third-order valence-corrected chi connectivity index (χ3v) is 3.68. The Morgan fingerprint density at radius 2 is 2.21 bits per heavy atom. The highest BCUT2D eigenvalue weighted by molar-refractivity contribution is 7.09. The molecule has 0 aromatic carbocycles. The third kappa shape index (κ3) is 2.53. The van der Waals surface area contributed by atoms with Crippen LogP contribution in [-0.4, -0.2) is 29.0 Å². The molecule has 0 bridgehead atoms. The lowest BCUT2D eigenvalue weighted by Crippen LogP contribution is -2.46. The zero-order chi connectivity index (χ0) is 10.8. The molecule has 80 valence electrons. The summed E-state index contributed by atoms with van der Waals surface area (Å²) in [5.74, 6) is 0. The van der Waals surface area contributed by atoms with Gasteiger partial charge in [0.15, 0.2) is 0 Å². The summed E-state index contributed by atoms with van der Waals surface area (Å²) in [5, 5.41) is 0. The van der Waals surface area contributed by atoms with Crippen molar-refractivity contribution in [3.05, 3.63) is 16.1 Å². The van der Waals surface area contributed by atoms with Crippen molar-refractivity contribution in [2.75, 3.05) is 13.6 Å². The summed E-state index contributed by atoms with van der Waals surface area (Å²) in [5.41, 5.74) is 8.80. The second kappa shape index (κ2) is 4.38. The largest absolute Gasteiger partial charge is 0.329 e. The smallest absolute Gasteiger partial charge is 0.0798 e. The quantitative estimate of drug-likeness (QED) is 0.826. The van der Waals surface area contributed by atoms with Crippen molar-refractivity contribution in [2.45, 2.75) is 32.9 Å². The molecule has 1 aromatic rings. The lowest BCUT2D eigenvalue weighted by molar-refractivity contribution is 0.157. The van der Waals surface area contributed by atoms with Crippen LogP contribution in [0.1, 0.15) is 24.4 Å². The van der Waals surface area contributed by atoms with E-state index in [1.54, 1.807) is 11.3 Å². The minimum absolute atomic E-state index is 0.0520. The summed E-state index contributed by atoms with van der Waals surface area (Å²) in [4.78, 5) is 7.84. The number of aryl methyl sites for hydroxylation is 1. The first-order valence-corrected chi connectivity index (χ1v) is 5.65. The highest BCUT2D eigenvalue weighted by Crippen LogP contribution is 2.19. The molecule has 0 atom stereocenters. The minimum atomic E-state index is 0.0520. The molecule has 0 spiro atoms. The summed E-state index contributed by atoms with van der Waals surface area (Å²) in [7, 11) is 2.10. The Balaban J connectivity index is 2.66. The number of nitrogens with zero attached hydrogens (tertiary/aromatic N) is 2. The van der Waals surface area contributed by atoms with E-state index in [4.69, 9.17) is 5.73 Å². The van der Waals surface area contributed by atoms with Crippen LogP contribution in [0.3, 0.4) is 0 Å². The average Bonchev–Trinajstić information content (AvgIpc) is 2.52. The van der Waals surface area contributed by atoms with Crippen LogP contribution in [0.5, 0.6) is 0 Å². The Morgan fingerprint density at radius 3 is 2.64 bits per heavy atom. The first-order chi connectivity index (χ1) is 6.47. The van der Waals surface area contributed by atoms with Crippen LogP contribution in [0.25, 0.3) is 0 Å². The van der Waals surface area contributed by atoms with Gasteiger partial charge in [-0.05, 0) is 27.8 Å². The van der Waals surface area contributed by atoms with Crippen molar-refractivity contribution >= 4 is 11.3 Å². The molecular weight excluding hydrogens is 194 g/mol. The zero-order valence-corrected chi connectivity index (χ0v) is 10.2. The molecule has 0 amide bonds. The topological polar surface area (TPSA) is 42.2 Å². The second-order valence-electron chi connectivity index (χ2n) is 4.23. The van der Waals surface area contributed by atoms with Gasteiger partial charge < -0.3 is 5.73 Å². The van der Waals surface area contributed by atoms with Gasteiger partial charge in [-0.25, -0.2) is 4.98 Å². The molecule has 1 rings (SSSR count). The molecule has 14 heavy (non-hydrogen) atoms. The van der Waals surface area contributed by atoms with Gasteiger partial charge in [-0.2, -0.15) is 0 Å². The standard InChI is InChI=1S/C10H19N3S/c1-8-9(14-7-12-8)5-13(4)10(2,3)6-11/h7H,5-6,11H2,1-4H3. The van der Waals surface area contributed by atoms with E-state index in [1.165, 1.54) is 4.88 Å². The van der Waals surface area contributed by atoms with Crippen molar-refractivity contribution in [3.63, 3.8) is 0 Å². The summed E-state index contributed by atoms with van der Waals surface area (Å²) in [6.45, 7) is 7.96. The Hall–Kier alpha value is -0.450. The van der Waals surface area contributed by atoms with Gasteiger partial charge in [0.2, 0.25) is 0 Å². The molecule has 0 aliphatic rings. The number of nitrogens with two attached hydrogens (primary N) is 1. The van der Waals surface area contributed by atoms with Crippen molar-refractivity contribution in [1.82, 2.24) is 9.88 Å². The maximum atomic E-state index is 5.72. The van der Waals surface area contributed by atoms with Crippen LogP contribution >= 0.6 is 11.3 Å². The maximum Gasteiger partial charge on any atom is 0.0798 e. The lowest BCUT2D eigenvalue weighted by Gasteiger charge is -2.34. The third-order valence-electron chi connectivity index (χ3n) is 2.76. The van der Waals surface area contributed by atoms with Gasteiger partial charge in [0.1, 0.15) is 0 Å². The van der Waals surface area contributed by atoms with Crippen LogP contribution < -0.4 is 5.73 Å². The molecule has 0 saturated carbocycles. The second-order valence-corrected chi connectivity index (χ2v) is 5.17.